The molecule has 7 heteroatoms. The van der Waals surface area contributed by atoms with Crippen LogP contribution in [0.15, 0.2) is 23.3 Å². The molecule has 0 unspecified atom stereocenters. The second-order valence-electron chi connectivity index (χ2n) is 3.49. The Hall–Kier alpha value is -2.88. The van der Waals surface area contributed by atoms with E-state index in [1.807, 2.05) is 0 Å². The number of hydrazone groups is 1. The van der Waals surface area contributed by atoms with Gasteiger partial charge in [0.05, 0.1) is 5.69 Å². The molecule has 0 aliphatic carbocycles. The van der Waals surface area contributed by atoms with E-state index in [0.717, 1.165) is 5.56 Å². The highest BCUT2D eigenvalue weighted by Gasteiger charge is 2.05. The van der Waals surface area contributed by atoms with Crippen LogP contribution in [-0.4, -0.2) is 17.5 Å². The van der Waals surface area contributed by atoms with E-state index in [-0.39, 0.29) is 5.71 Å². The van der Waals surface area contributed by atoms with E-state index < -0.39 is 11.7 Å². The zero-order valence-electron chi connectivity index (χ0n) is 9.69. The Balaban J connectivity index is 3.05. The lowest BCUT2D eigenvalue weighted by Gasteiger charge is -2.06. The Labute approximate surface area is 104 Å². The third-order valence-electron chi connectivity index (χ3n) is 2.17. The lowest BCUT2D eigenvalue weighted by molar-refractivity contribution is 0.100. The van der Waals surface area contributed by atoms with Crippen LogP contribution < -0.4 is 16.9 Å². The Bertz CT molecular complexity index is 569. The molecule has 1 rings (SSSR count). The Morgan fingerprint density at radius 2 is 2.17 bits per heavy atom. The van der Waals surface area contributed by atoms with Crippen molar-refractivity contribution in [3.8, 4) is 6.07 Å². The predicted octanol–water partition coefficient (Wildman–Crippen LogP) is 0.321. The molecule has 0 saturated heterocycles. The van der Waals surface area contributed by atoms with Gasteiger partial charge in [-0.3, -0.25) is 15.6 Å². The quantitative estimate of drug-likeness (QED) is 0.343. The van der Waals surface area contributed by atoms with Gasteiger partial charge in [-0.1, -0.05) is 6.07 Å². The second kappa shape index (κ2) is 5.45. The van der Waals surface area contributed by atoms with Crippen LogP contribution in [0.25, 0.3) is 0 Å². The minimum absolute atomic E-state index is 0.237. The number of carbonyl (C=O) groups excluding carboxylic acids is 1. The summed E-state index contributed by atoms with van der Waals surface area (Å²) in [5.74, 6) is -0.997. The van der Waals surface area contributed by atoms with E-state index >= 15 is 0 Å². The van der Waals surface area contributed by atoms with Crippen molar-refractivity contribution in [1.29, 1.82) is 10.7 Å². The molecule has 1 aromatic rings. The van der Waals surface area contributed by atoms with Crippen molar-refractivity contribution in [2.75, 3.05) is 5.43 Å². The number of nitriles is 1. The van der Waals surface area contributed by atoms with Crippen molar-refractivity contribution in [3.05, 3.63) is 29.3 Å². The largest absolute Gasteiger partial charge is 0.382 e. The molecule has 18 heavy (non-hydrogen) atoms. The van der Waals surface area contributed by atoms with Crippen LogP contribution in [0.2, 0.25) is 0 Å². The number of nitrogens with two attached hydrogens (primary N) is 2. The van der Waals surface area contributed by atoms with Gasteiger partial charge in [-0.25, -0.2) is 0 Å². The minimum atomic E-state index is -0.561. The SMILES string of the molecule is Cc1ccc(C(N)=O)cc1N/N=C(\C#N)C(=N)N. The van der Waals surface area contributed by atoms with Crippen molar-refractivity contribution < 1.29 is 4.79 Å². The van der Waals surface area contributed by atoms with E-state index in [2.05, 4.69) is 10.5 Å². The number of amides is 1. The summed E-state index contributed by atoms with van der Waals surface area (Å²) in [5, 5.41) is 19.4. The van der Waals surface area contributed by atoms with Crippen LogP contribution in [0.4, 0.5) is 5.69 Å². The molecule has 0 saturated carbocycles. The van der Waals surface area contributed by atoms with Gasteiger partial charge in [-0.05, 0) is 24.6 Å². The van der Waals surface area contributed by atoms with Gasteiger partial charge in [0.25, 0.3) is 0 Å². The number of hydrogen-bond donors (Lipinski definition) is 4. The molecule has 6 N–H and O–H groups in total. The van der Waals surface area contributed by atoms with Gasteiger partial charge in [-0.15, -0.1) is 0 Å². The molecule has 0 aliphatic heterocycles. The number of rotatable bonds is 4. The number of carbonyl (C=O) groups is 1. The topological polar surface area (TPSA) is 141 Å². The fraction of sp³-hybridized carbons (Fsp3) is 0.0909. The Kier molecular flexibility index (Phi) is 3.99. The number of primary amides is 1. The first kappa shape index (κ1) is 13.2. The smallest absolute Gasteiger partial charge is 0.248 e. The van der Waals surface area contributed by atoms with Crippen molar-refractivity contribution in [2.45, 2.75) is 6.92 Å². The summed E-state index contributed by atoms with van der Waals surface area (Å²) in [6, 6.07) is 6.46. The maximum absolute atomic E-state index is 11.0. The van der Waals surface area contributed by atoms with E-state index in [1.54, 1.807) is 25.1 Å². The van der Waals surface area contributed by atoms with Crippen molar-refractivity contribution in [3.63, 3.8) is 0 Å². The highest BCUT2D eigenvalue weighted by molar-refractivity contribution is 6.45. The number of anilines is 1. The Morgan fingerprint density at radius 1 is 1.50 bits per heavy atom. The molecule has 7 nitrogen and oxygen atoms in total. The zero-order valence-corrected chi connectivity index (χ0v) is 9.69. The monoisotopic (exact) mass is 244 g/mol. The van der Waals surface area contributed by atoms with Crippen LogP contribution >= 0.6 is 0 Å². The van der Waals surface area contributed by atoms with Crippen LogP contribution in [-0.2, 0) is 0 Å². The van der Waals surface area contributed by atoms with E-state index in [0.29, 0.717) is 11.3 Å². The number of aryl methyl sites for hydroxylation is 1. The van der Waals surface area contributed by atoms with Crippen LogP contribution in [0.3, 0.4) is 0 Å². The summed E-state index contributed by atoms with van der Waals surface area (Å²) in [4.78, 5) is 11.0. The third kappa shape index (κ3) is 3.05. The molecular weight excluding hydrogens is 232 g/mol. The number of benzene rings is 1. The average molecular weight is 244 g/mol. The third-order valence-corrected chi connectivity index (χ3v) is 2.17. The van der Waals surface area contributed by atoms with Gasteiger partial charge in [0, 0.05) is 5.56 Å². The first-order valence-electron chi connectivity index (χ1n) is 4.94. The number of nitrogens with zero attached hydrogens (tertiary/aromatic N) is 2. The van der Waals surface area contributed by atoms with Crippen molar-refractivity contribution in [1.82, 2.24) is 0 Å². The van der Waals surface area contributed by atoms with Crippen LogP contribution in [0.5, 0.6) is 0 Å². The fourth-order valence-electron chi connectivity index (χ4n) is 1.16. The number of nitrogens with one attached hydrogen (secondary N) is 2. The summed E-state index contributed by atoms with van der Waals surface area (Å²) in [7, 11) is 0. The summed E-state index contributed by atoms with van der Waals surface area (Å²) in [6.45, 7) is 1.79. The predicted molar refractivity (Wildman–Crippen MR) is 68.3 cm³/mol. The van der Waals surface area contributed by atoms with Crippen LogP contribution in [0.1, 0.15) is 15.9 Å². The standard InChI is InChI=1S/C11H12N6O/c1-6-2-3-7(11(15)18)4-8(6)16-17-9(5-12)10(13)14/h2-4,16H,1H3,(H3,13,14)(H2,15,18)/b17-9+. The normalized spacial score (nSPS) is 10.6. The van der Waals surface area contributed by atoms with E-state index in [4.69, 9.17) is 22.1 Å². The molecule has 1 aromatic carbocycles. The number of hydrogen-bond acceptors (Lipinski definition) is 5. The molecule has 0 aromatic heterocycles. The second-order valence-corrected chi connectivity index (χ2v) is 3.49. The molecule has 0 aliphatic rings. The summed E-state index contributed by atoms with van der Waals surface area (Å²) in [5.41, 5.74) is 14.3. The summed E-state index contributed by atoms with van der Waals surface area (Å²) in [6.07, 6.45) is 0. The maximum Gasteiger partial charge on any atom is 0.248 e. The molecule has 0 bridgehead atoms. The van der Waals surface area contributed by atoms with Gasteiger partial charge in [0.15, 0.2) is 5.84 Å². The highest BCUT2D eigenvalue weighted by atomic mass is 16.1. The zero-order chi connectivity index (χ0) is 13.7. The fourth-order valence-corrected chi connectivity index (χ4v) is 1.16. The van der Waals surface area contributed by atoms with Gasteiger partial charge in [-0.2, -0.15) is 10.4 Å². The molecular formula is C11H12N6O. The lowest BCUT2D eigenvalue weighted by atomic mass is 10.1. The van der Waals surface area contributed by atoms with Crippen LogP contribution in [0, 0.1) is 23.7 Å². The molecule has 0 fully saturated rings. The van der Waals surface area contributed by atoms with Crippen molar-refractivity contribution in [2.24, 2.45) is 16.6 Å². The van der Waals surface area contributed by atoms with Gasteiger partial charge in [0.2, 0.25) is 11.6 Å². The van der Waals surface area contributed by atoms with Gasteiger partial charge in [0.1, 0.15) is 6.07 Å². The maximum atomic E-state index is 11.0. The molecule has 0 atom stereocenters. The van der Waals surface area contributed by atoms with E-state index in [9.17, 15) is 4.79 Å². The number of amidine groups is 1. The average Bonchev–Trinajstić information content (AvgIpc) is 2.31. The summed E-state index contributed by atoms with van der Waals surface area (Å²) < 4.78 is 0. The molecule has 0 spiro atoms. The van der Waals surface area contributed by atoms with Gasteiger partial charge < -0.3 is 11.5 Å². The molecule has 0 heterocycles. The van der Waals surface area contributed by atoms with E-state index in [1.165, 1.54) is 6.07 Å². The Morgan fingerprint density at radius 3 is 2.67 bits per heavy atom. The lowest BCUT2D eigenvalue weighted by Crippen LogP contribution is -2.22. The molecule has 1 amide bonds. The molecule has 0 radical (unpaired) electrons. The molecule has 92 valence electrons. The first-order chi connectivity index (χ1) is 8.45. The first-order valence-corrected chi connectivity index (χ1v) is 4.94. The van der Waals surface area contributed by atoms with Gasteiger partial charge >= 0.3 is 0 Å². The highest BCUT2D eigenvalue weighted by Crippen LogP contribution is 2.16. The van der Waals surface area contributed by atoms with Crippen molar-refractivity contribution >= 4 is 23.1 Å². The summed E-state index contributed by atoms with van der Waals surface area (Å²) >= 11 is 0. The minimum Gasteiger partial charge on any atom is -0.382 e.